The van der Waals surface area contributed by atoms with Crippen LogP contribution in [0.3, 0.4) is 0 Å². The molecule has 0 unspecified atom stereocenters. The van der Waals surface area contributed by atoms with Crippen LogP contribution in [0.4, 0.5) is 8.78 Å². The Morgan fingerprint density at radius 2 is 1.83 bits per heavy atom. The number of benzene rings is 2. The zero-order chi connectivity index (χ0) is 25.2. The predicted molar refractivity (Wildman–Crippen MR) is 132 cm³/mol. The lowest BCUT2D eigenvalue weighted by Crippen LogP contribution is -2.48. The number of nitrogens with zero attached hydrogens (tertiary/aromatic N) is 5. The summed E-state index contributed by atoms with van der Waals surface area (Å²) in [7, 11) is 1.51. The van der Waals surface area contributed by atoms with Crippen LogP contribution in [0.1, 0.15) is 33.6 Å². The summed E-state index contributed by atoms with van der Waals surface area (Å²) >= 11 is 0. The van der Waals surface area contributed by atoms with Gasteiger partial charge < -0.3 is 9.64 Å². The summed E-state index contributed by atoms with van der Waals surface area (Å²) in [6.07, 6.45) is -1.46. The Morgan fingerprint density at radius 1 is 1.06 bits per heavy atom. The number of amides is 1. The van der Waals surface area contributed by atoms with Gasteiger partial charge in [-0.05, 0) is 30.7 Å². The standard InChI is InChI=1S/C27H27F2N5O2/c1-18-6-5-7-19(14-18)17-32-10-12-33(13-11-32)27(35)21-16-30-34-23(25(28)29)15-22(31-26(21)34)20-8-3-4-9-24(20)36-2/h3-9,14-16,25H,10-13,17H2,1-2H3. The second-order valence-electron chi connectivity index (χ2n) is 8.92. The largest absolute Gasteiger partial charge is 0.496 e. The first kappa shape index (κ1) is 23.9. The monoisotopic (exact) mass is 491 g/mol. The fraction of sp³-hybridized carbons (Fsp3) is 0.296. The average molecular weight is 492 g/mol. The van der Waals surface area contributed by atoms with Gasteiger partial charge in [-0.25, -0.2) is 18.3 Å². The van der Waals surface area contributed by atoms with Gasteiger partial charge in [0.05, 0.1) is 19.0 Å². The topological polar surface area (TPSA) is 63.0 Å². The molecule has 0 radical (unpaired) electrons. The first-order valence-corrected chi connectivity index (χ1v) is 11.8. The molecule has 7 nitrogen and oxygen atoms in total. The molecule has 5 rings (SSSR count). The number of rotatable bonds is 6. The molecule has 0 bridgehead atoms. The van der Waals surface area contributed by atoms with Gasteiger partial charge in [0.15, 0.2) is 5.65 Å². The van der Waals surface area contributed by atoms with Crippen LogP contribution in [-0.2, 0) is 6.54 Å². The van der Waals surface area contributed by atoms with Gasteiger partial charge in [-0.2, -0.15) is 5.10 Å². The van der Waals surface area contributed by atoms with Gasteiger partial charge in [-0.3, -0.25) is 9.69 Å². The predicted octanol–water partition coefficient (Wildman–Crippen LogP) is 4.61. The van der Waals surface area contributed by atoms with E-state index < -0.39 is 6.43 Å². The highest BCUT2D eigenvalue weighted by atomic mass is 19.3. The third kappa shape index (κ3) is 4.66. The summed E-state index contributed by atoms with van der Waals surface area (Å²) in [4.78, 5) is 22.1. The van der Waals surface area contributed by atoms with Gasteiger partial charge in [-0.15, -0.1) is 0 Å². The number of hydrogen-bond acceptors (Lipinski definition) is 5. The number of piperazine rings is 1. The van der Waals surface area contributed by atoms with Crippen molar-refractivity contribution >= 4 is 11.6 Å². The van der Waals surface area contributed by atoms with Crippen molar-refractivity contribution in [2.75, 3.05) is 33.3 Å². The number of hydrogen-bond donors (Lipinski definition) is 0. The minimum atomic E-state index is -2.79. The van der Waals surface area contributed by atoms with E-state index in [0.29, 0.717) is 30.1 Å². The number of alkyl halides is 2. The number of fused-ring (bicyclic) bond motifs is 1. The Labute approximate surface area is 207 Å². The highest BCUT2D eigenvalue weighted by Gasteiger charge is 2.27. The summed E-state index contributed by atoms with van der Waals surface area (Å²) in [5, 5.41) is 4.10. The smallest absolute Gasteiger partial charge is 0.280 e. The van der Waals surface area contributed by atoms with E-state index in [-0.39, 0.29) is 22.8 Å². The van der Waals surface area contributed by atoms with Crippen LogP contribution in [0.2, 0.25) is 0 Å². The van der Waals surface area contributed by atoms with Crippen LogP contribution >= 0.6 is 0 Å². The minimum absolute atomic E-state index is 0.112. The van der Waals surface area contributed by atoms with Gasteiger partial charge in [-0.1, -0.05) is 42.0 Å². The molecule has 186 valence electrons. The number of carbonyl (C=O) groups is 1. The molecular formula is C27H27F2N5O2. The molecule has 3 heterocycles. The van der Waals surface area contributed by atoms with E-state index in [1.807, 2.05) is 0 Å². The summed E-state index contributed by atoms with van der Waals surface area (Å²) in [5.41, 5.74) is 3.31. The lowest BCUT2D eigenvalue weighted by molar-refractivity contribution is 0.0630. The molecule has 0 N–H and O–H groups in total. The summed E-state index contributed by atoms with van der Waals surface area (Å²) in [6.45, 7) is 5.42. The quantitative estimate of drug-likeness (QED) is 0.394. The molecule has 4 aromatic rings. The molecule has 0 aliphatic carbocycles. The highest BCUT2D eigenvalue weighted by molar-refractivity contribution is 6.00. The lowest BCUT2D eigenvalue weighted by atomic mass is 10.1. The lowest BCUT2D eigenvalue weighted by Gasteiger charge is -2.34. The van der Waals surface area contributed by atoms with Gasteiger partial charge in [0.25, 0.3) is 12.3 Å². The Morgan fingerprint density at radius 3 is 2.56 bits per heavy atom. The van der Waals surface area contributed by atoms with Crippen LogP contribution < -0.4 is 4.74 Å². The van der Waals surface area contributed by atoms with Crippen molar-refractivity contribution in [2.45, 2.75) is 19.9 Å². The van der Waals surface area contributed by atoms with Crippen LogP contribution in [0, 0.1) is 6.92 Å². The number of halogens is 2. The summed E-state index contributed by atoms with van der Waals surface area (Å²) < 4.78 is 34.4. The van der Waals surface area contributed by atoms with Crippen LogP contribution in [0.5, 0.6) is 5.75 Å². The zero-order valence-corrected chi connectivity index (χ0v) is 20.2. The molecular weight excluding hydrogens is 464 g/mol. The second kappa shape index (κ2) is 10.0. The van der Waals surface area contributed by atoms with Gasteiger partial charge in [0.1, 0.15) is 17.0 Å². The molecule has 2 aromatic heterocycles. The van der Waals surface area contributed by atoms with Gasteiger partial charge in [0, 0.05) is 38.3 Å². The van der Waals surface area contributed by atoms with E-state index in [0.717, 1.165) is 24.1 Å². The van der Waals surface area contributed by atoms with E-state index in [1.54, 1.807) is 29.2 Å². The molecule has 1 fully saturated rings. The summed E-state index contributed by atoms with van der Waals surface area (Å²) in [6, 6.07) is 16.8. The van der Waals surface area contributed by atoms with Gasteiger partial charge in [0.2, 0.25) is 0 Å². The third-order valence-electron chi connectivity index (χ3n) is 6.48. The Balaban J connectivity index is 1.41. The van der Waals surface area contributed by atoms with Crippen molar-refractivity contribution in [3.8, 4) is 17.0 Å². The van der Waals surface area contributed by atoms with Crippen molar-refractivity contribution < 1.29 is 18.3 Å². The Kier molecular flexibility index (Phi) is 6.65. The van der Waals surface area contributed by atoms with Crippen molar-refractivity contribution in [3.63, 3.8) is 0 Å². The van der Waals surface area contributed by atoms with Gasteiger partial charge >= 0.3 is 0 Å². The molecule has 0 saturated carbocycles. The molecule has 2 aromatic carbocycles. The maximum atomic E-state index is 14.0. The molecule has 1 aliphatic rings. The highest BCUT2D eigenvalue weighted by Crippen LogP contribution is 2.32. The van der Waals surface area contributed by atoms with Crippen LogP contribution in [-0.4, -0.2) is 63.6 Å². The van der Waals surface area contributed by atoms with Crippen LogP contribution in [0.15, 0.2) is 60.8 Å². The number of carbonyl (C=O) groups excluding carboxylic acids is 1. The maximum absolute atomic E-state index is 14.0. The van der Waals surface area contributed by atoms with E-state index >= 15 is 0 Å². The number of aromatic nitrogens is 3. The van der Waals surface area contributed by atoms with Crippen molar-refractivity contribution in [2.24, 2.45) is 0 Å². The number of aryl methyl sites for hydroxylation is 1. The van der Waals surface area contributed by atoms with E-state index in [4.69, 9.17) is 4.74 Å². The minimum Gasteiger partial charge on any atom is -0.496 e. The molecule has 0 atom stereocenters. The van der Waals surface area contributed by atoms with Crippen molar-refractivity contribution in [1.29, 1.82) is 0 Å². The maximum Gasteiger partial charge on any atom is 0.280 e. The SMILES string of the molecule is COc1ccccc1-c1cc(C(F)F)n2ncc(C(=O)N3CCN(Cc4cccc(C)c4)CC3)c2n1. The van der Waals surface area contributed by atoms with E-state index in [2.05, 4.69) is 46.2 Å². The normalized spacial score (nSPS) is 14.5. The van der Waals surface area contributed by atoms with E-state index in [1.165, 1.54) is 30.5 Å². The molecule has 9 heteroatoms. The van der Waals surface area contributed by atoms with Crippen molar-refractivity contribution in [3.05, 3.63) is 83.2 Å². The fourth-order valence-corrected chi connectivity index (χ4v) is 4.63. The van der Waals surface area contributed by atoms with Crippen LogP contribution in [0.25, 0.3) is 16.9 Å². The summed E-state index contributed by atoms with van der Waals surface area (Å²) in [5.74, 6) is 0.247. The average Bonchev–Trinajstić information content (AvgIpc) is 3.32. The number of para-hydroxylation sites is 1. The molecule has 0 spiro atoms. The zero-order valence-electron chi connectivity index (χ0n) is 20.2. The first-order chi connectivity index (χ1) is 17.4. The Bertz CT molecular complexity index is 1400. The molecule has 36 heavy (non-hydrogen) atoms. The first-order valence-electron chi connectivity index (χ1n) is 11.8. The third-order valence-corrected chi connectivity index (χ3v) is 6.48. The molecule has 1 amide bonds. The number of methoxy groups -OCH3 is 1. The Hall–Kier alpha value is -3.85. The van der Waals surface area contributed by atoms with E-state index in [9.17, 15) is 13.6 Å². The number of ether oxygens (including phenoxy) is 1. The molecule has 1 aliphatic heterocycles. The second-order valence-corrected chi connectivity index (χ2v) is 8.92. The fourth-order valence-electron chi connectivity index (χ4n) is 4.63. The molecule has 1 saturated heterocycles. The van der Waals surface area contributed by atoms with Crippen molar-refractivity contribution in [1.82, 2.24) is 24.4 Å².